The van der Waals surface area contributed by atoms with Crippen molar-refractivity contribution in [3.63, 3.8) is 0 Å². The molecule has 1 saturated carbocycles. The van der Waals surface area contributed by atoms with E-state index >= 15 is 0 Å². The number of carbonyl (C=O) groups excluding carboxylic acids is 2. The van der Waals surface area contributed by atoms with Crippen LogP contribution in [0.15, 0.2) is 40.8 Å². The number of hydrogen-bond donors (Lipinski definition) is 1. The third-order valence-corrected chi connectivity index (χ3v) is 5.57. The molecule has 2 fully saturated rings. The SMILES string of the molecule is C[C@@H]1C[C@H]1c1ccc(CCC(=O)NCc2ccc(N3CCCC3=O)cc2)o1. The summed E-state index contributed by atoms with van der Waals surface area (Å²) in [4.78, 5) is 25.7. The number of furan rings is 1. The average Bonchev–Trinajstić information content (AvgIpc) is 3.06. The molecule has 4 rings (SSSR count). The van der Waals surface area contributed by atoms with Gasteiger partial charge in [0.05, 0.1) is 0 Å². The van der Waals surface area contributed by atoms with Gasteiger partial charge in [0.25, 0.3) is 0 Å². The number of benzene rings is 1. The second kappa shape index (κ2) is 7.59. The normalized spacial score (nSPS) is 21.5. The summed E-state index contributed by atoms with van der Waals surface area (Å²) < 4.78 is 5.85. The van der Waals surface area contributed by atoms with E-state index in [1.165, 1.54) is 6.42 Å². The third kappa shape index (κ3) is 4.24. The van der Waals surface area contributed by atoms with E-state index in [1.54, 1.807) is 0 Å². The third-order valence-electron chi connectivity index (χ3n) is 5.57. The molecule has 1 aromatic carbocycles. The van der Waals surface area contributed by atoms with Crippen molar-refractivity contribution in [3.05, 3.63) is 53.5 Å². The Morgan fingerprint density at radius 1 is 1.22 bits per heavy atom. The van der Waals surface area contributed by atoms with Crippen molar-refractivity contribution in [2.24, 2.45) is 5.92 Å². The fourth-order valence-electron chi connectivity index (χ4n) is 3.69. The zero-order valence-corrected chi connectivity index (χ0v) is 15.7. The Morgan fingerprint density at radius 3 is 2.67 bits per heavy atom. The van der Waals surface area contributed by atoms with Gasteiger partial charge in [-0.1, -0.05) is 19.1 Å². The summed E-state index contributed by atoms with van der Waals surface area (Å²) in [5.41, 5.74) is 1.97. The highest BCUT2D eigenvalue weighted by atomic mass is 16.3. The van der Waals surface area contributed by atoms with Crippen LogP contribution in [0.4, 0.5) is 5.69 Å². The summed E-state index contributed by atoms with van der Waals surface area (Å²) in [6.45, 7) is 3.52. The monoisotopic (exact) mass is 366 g/mol. The van der Waals surface area contributed by atoms with E-state index < -0.39 is 0 Å². The first-order chi connectivity index (χ1) is 13.1. The van der Waals surface area contributed by atoms with E-state index in [1.807, 2.05) is 41.3 Å². The molecule has 2 amide bonds. The largest absolute Gasteiger partial charge is 0.466 e. The van der Waals surface area contributed by atoms with Crippen molar-refractivity contribution >= 4 is 17.5 Å². The second-order valence-electron chi connectivity index (χ2n) is 7.72. The van der Waals surface area contributed by atoms with Gasteiger partial charge in [0.1, 0.15) is 11.5 Å². The molecule has 0 unspecified atom stereocenters. The molecule has 2 aliphatic rings. The van der Waals surface area contributed by atoms with Crippen LogP contribution >= 0.6 is 0 Å². The van der Waals surface area contributed by atoms with Crippen LogP contribution in [-0.2, 0) is 22.6 Å². The fraction of sp³-hybridized carbons (Fsp3) is 0.455. The van der Waals surface area contributed by atoms with Crippen LogP contribution in [-0.4, -0.2) is 18.4 Å². The van der Waals surface area contributed by atoms with Gasteiger partial charge in [-0.25, -0.2) is 0 Å². The Bertz CT molecular complexity index is 824. The molecule has 27 heavy (non-hydrogen) atoms. The molecule has 1 N–H and O–H groups in total. The number of hydrogen-bond acceptors (Lipinski definition) is 3. The van der Waals surface area contributed by atoms with E-state index in [4.69, 9.17) is 4.42 Å². The minimum absolute atomic E-state index is 0.0199. The minimum atomic E-state index is 0.0199. The van der Waals surface area contributed by atoms with Crippen LogP contribution in [0.25, 0.3) is 0 Å². The summed E-state index contributed by atoms with van der Waals surface area (Å²) in [5, 5.41) is 2.95. The Hall–Kier alpha value is -2.56. The van der Waals surface area contributed by atoms with Crippen LogP contribution in [0.2, 0.25) is 0 Å². The van der Waals surface area contributed by atoms with E-state index in [9.17, 15) is 9.59 Å². The number of aryl methyl sites for hydroxylation is 1. The van der Waals surface area contributed by atoms with Gasteiger partial charge in [-0.2, -0.15) is 0 Å². The van der Waals surface area contributed by atoms with Gasteiger partial charge in [-0.3, -0.25) is 9.59 Å². The molecular formula is C22H26N2O3. The lowest BCUT2D eigenvalue weighted by Crippen LogP contribution is -2.24. The molecule has 2 aromatic rings. The van der Waals surface area contributed by atoms with E-state index in [0.717, 1.165) is 41.7 Å². The zero-order valence-electron chi connectivity index (χ0n) is 15.7. The van der Waals surface area contributed by atoms with Crippen LogP contribution in [0, 0.1) is 5.92 Å². The van der Waals surface area contributed by atoms with Crippen LogP contribution < -0.4 is 10.2 Å². The average molecular weight is 366 g/mol. The number of nitrogens with zero attached hydrogens (tertiary/aromatic N) is 1. The lowest BCUT2D eigenvalue weighted by Gasteiger charge is -2.16. The highest BCUT2D eigenvalue weighted by Gasteiger charge is 2.36. The van der Waals surface area contributed by atoms with E-state index in [0.29, 0.717) is 31.7 Å². The quantitative estimate of drug-likeness (QED) is 0.811. The van der Waals surface area contributed by atoms with Crippen LogP contribution in [0.5, 0.6) is 0 Å². The number of anilines is 1. The van der Waals surface area contributed by atoms with Crippen molar-refractivity contribution in [3.8, 4) is 0 Å². The van der Waals surface area contributed by atoms with E-state index in [2.05, 4.69) is 12.2 Å². The number of nitrogens with one attached hydrogen (secondary N) is 1. The van der Waals surface area contributed by atoms with Crippen molar-refractivity contribution in [2.75, 3.05) is 11.4 Å². The molecule has 5 nitrogen and oxygen atoms in total. The molecule has 2 heterocycles. The molecule has 0 radical (unpaired) electrons. The van der Waals surface area contributed by atoms with Gasteiger partial charge < -0.3 is 14.6 Å². The van der Waals surface area contributed by atoms with E-state index in [-0.39, 0.29) is 11.8 Å². The van der Waals surface area contributed by atoms with Crippen molar-refractivity contribution in [1.82, 2.24) is 5.32 Å². The molecule has 2 atom stereocenters. The summed E-state index contributed by atoms with van der Waals surface area (Å²) in [5.74, 6) is 3.46. The van der Waals surface area contributed by atoms with Gasteiger partial charge in [-0.05, 0) is 48.6 Å². The highest BCUT2D eigenvalue weighted by molar-refractivity contribution is 5.95. The second-order valence-corrected chi connectivity index (χ2v) is 7.72. The maximum Gasteiger partial charge on any atom is 0.227 e. The van der Waals surface area contributed by atoms with Gasteiger partial charge in [-0.15, -0.1) is 0 Å². The minimum Gasteiger partial charge on any atom is -0.466 e. The predicted molar refractivity (Wildman–Crippen MR) is 103 cm³/mol. The Kier molecular flexibility index (Phi) is 5.01. The molecule has 1 aliphatic heterocycles. The fourth-order valence-corrected chi connectivity index (χ4v) is 3.69. The van der Waals surface area contributed by atoms with Gasteiger partial charge >= 0.3 is 0 Å². The first-order valence-corrected chi connectivity index (χ1v) is 9.85. The smallest absolute Gasteiger partial charge is 0.227 e. The topological polar surface area (TPSA) is 62.6 Å². The van der Waals surface area contributed by atoms with Gasteiger partial charge in [0, 0.05) is 44.0 Å². The lowest BCUT2D eigenvalue weighted by atomic mass is 10.2. The lowest BCUT2D eigenvalue weighted by molar-refractivity contribution is -0.121. The predicted octanol–water partition coefficient (Wildman–Crippen LogP) is 3.78. The molecule has 0 bridgehead atoms. The number of carbonyl (C=O) groups is 2. The van der Waals surface area contributed by atoms with Crippen molar-refractivity contribution < 1.29 is 14.0 Å². The first-order valence-electron chi connectivity index (χ1n) is 9.85. The molecule has 5 heteroatoms. The Labute approximate surface area is 159 Å². The summed E-state index contributed by atoms with van der Waals surface area (Å²) >= 11 is 0. The first kappa shape index (κ1) is 17.8. The maximum absolute atomic E-state index is 12.1. The molecule has 1 saturated heterocycles. The molecule has 1 aromatic heterocycles. The number of amides is 2. The van der Waals surface area contributed by atoms with Gasteiger partial charge in [0.2, 0.25) is 11.8 Å². The summed E-state index contributed by atoms with van der Waals surface area (Å²) in [7, 11) is 0. The zero-order chi connectivity index (χ0) is 18.8. The maximum atomic E-state index is 12.1. The Morgan fingerprint density at radius 2 is 2.00 bits per heavy atom. The van der Waals surface area contributed by atoms with Crippen LogP contribution in [0.1, 0.15) is 55.6 Å². The highest BCUT2D eigenvalue weighted by Crippen LogP contribution is 2.47. The van der Waals surface area contributed by atoms with Gasteiger partial charge in [0.15, 0.2) is 0 Å². The van der Waals surface area contributed by atoms with Crippen molar-refractivity contribution in [2.45, 2.75) is 51.5 Å². The number of rotatable bonds is 7. The standard InChI is InChI=1S/C22H26N2O3/c1-15-13-19(15)20-10-8-18(27-20)9-11-21(25)23-14-16-4-6-17(7-5-16)24-12-2-3-22(24)26/h4-8,10,15,19H,2-3,9,11-14H2,1H3,(H,23,25)/t15-,19-/m1/s1. The molecular weight excluding hydrogens is 340 g/mol. The molecule has 1 aliphatic carbocycles. The summed E-state index contributed by atoms with van der Waals surface area (Å²) in [6, 6.07) is 11.9. The van der Waals surface area contributed by atoms with Crippen molar-refractivity contribution in [1.29, 1.82) is 0 Å². The Balaban J connectivity index is 1.22. The molecule has 142 valence electrons. The molecule has 0 spiro atoms. The summed E-state index contributed by atoms with van der Waals surface area (Å²) in [6.07, 6.45) is 3.82. The van der Waals surface area contributed by atoms with Crippen LogP contribution in [0.3, 0.4) is 0 Å².